The second kappa shape index (κ2) is 3.75. The molecular formula is C14H19PS. The van der Waals surface area contributed by atoms with Crippen molar-refractivity contribution in [1.29, 1.82) is 0 Å². The van der Waals surface area contributed by atoms with Gasteiger partial charge in [0.15, 0.2) is 0 Å². The van der Waals surface area contributed by atoms with Crippen LogP contribution < -0.4 is 0 Å². The van der Waals surface area contributed by atoms with Crippen LogP contribution in [0.15, 0.2) is 29.2 Å². The van der Waals surface area contributed by atoms with Gasteiger partial charge in [0, 0.05) is 4.90 Å². The van der Waals surface area contributed by atoms with Crippen molar-refractivity contribution >= 4 is 21.9 Å². The van der Waals surface area contributed by atoms with Gasteiger partial charge in [-0.1, -0.05) is 12.1 Å². The number of rotatable bonds is 1. The van der Waals surface area contributed by atoms with Gasteiger partial charge in [-0.15, -0.1) is 21.9 Å². The molecule has 0 amide bonds. The Bertz CT molecular complexity index is 371. The zero-order chi connectivity index (χ0) is 11.2. The summed E-state index contributed by atoms with van der Waals surface area (Å²) in [6.07, 6.45) is 8.30. The van der Waals surface area contributed by atoms with Crippen molar-refractivity contribution in [3.05, 3.63) is 29.8 Å². The predicted molar refractivity (Wildman–Crippen MR) is 75.5 cm³/mol. The van der Waals surface area contributed by atoms with Crippen LogP contribution in [0.1, 0.15) is 44.1 Å². The summed E-state index contributed by atoms with van der Waals surface area (Å²) in [7, 11) is 3.12. The van der Waals surface area contributed by atoms with Crippen molar-refractivity contribution in [3.8, 4) is 0 Å². The standard InChI is InChI=1S/C14H19PS/c15-14-8-5-13(6-9-14,7-10-14)11-1-3-12(16)4-2-11/h1-4,16H,5-10,15H2. The lowest BCUT2D eigenvalue weighted by Crippen LogP contribution is -2.44. The first kappa shape index (κ1) is 11.1. The molecule has 2 heteroatoms. The summed E-state index contributed by atoms with van der Waals surface area (Å²) in [5.41, 5.74) is 2.05. The smallest absolute Gasteiger partial charge is 0.00401 e. The Kier molecular flexibility index (Phi) is 2.60. The second-order valence-corrected chi connectivity index (χ2v) is 7.43. The normalized spacial score (nSPS) is 37.6. The van der Waals surface area contributed by atoms with Crippen molar-refractivity contribution < 1.29 is 0 Å². The number of thiol groups is 1. The largest absolute Gasteiger partial charge is 0.143 e. The molecule has 0 spiro atoms. The van der Waals surface area contributed by atoms with E-state index >= 15 is 0 Å². The van der Waals surface area contributed by atoms with E-state index in [9.17, 15) is 0 Å². The highest BCUT2D eigenvalue weighted by molar-refractivity contribution is 7.80. The molecule has 2 bridgehead atoms. The maximum absolute atomic E-state index is 4.37. The van der Waals surface area contributed by atoms with Crippen molar-refractivity contribution in [2.45, 2.75) is 54.0 Å². The van der Waals surface area contributed by atoms with Crippen LogP contribution in [0.4, 0.5) is 0 Å². The molecule has 0 aliphatic heterocycles. The Morgan fingerprint density at radius 3 is 1.88 bits per heavy atom. The topological polar surface area (TPSA) is 0 Å². The van der Waals surface area contributed by atoms with Gasteiger partial charge in [-0.25, -0.2) is 0 Å². The maximum Gasteiger partial charge on any atom is 0.00401 e. The van der Waals surface area contributed by atoms with E-state index in [2.05, 4.69) is 46.1 Å². The van der Waals surface area contributed by atoms with Crippen LogP contribution in [0, 0.1) is 0 Å². The number of hydrogen-bond donors (Lipinski definition) is 1. The molecule has 0 heterocycles. The molecule has 4 rings (SSSR count). The molecule has 0 N–H and O–H groups in total. The first-order chi connectivity index (χ1) is 7.62. The molecule has 3 saturated carbocycles. The Morgan fingerprint density at radius 1 is 0.875 bits per heavy atom. The summed E-state index contributed by atoms with van der Waals surface area (Å²) in [6, 6.07) is 8.88. The molecule has 1 aromatic rings. The molecule has 3 aliphatic carbocycles. The molecule has 0 radical (unpaired) electrons. The fourth-order valence-electron chi connectivity index (χ4n) is 3.46. The third-order valence-corrected chi connectivity index (χ3v) is 5.95. The van der Waals surface area contributed by atoms with Crippen molar-refractivity contribution in [2.24, 2.45) is 0 Å². The van der Waals surface area contributed by atoms with Crippen molar-refractivity contribution in [1.82, 2.24) is 0 Å². The second-order valence-electron chi connectivity index (χ2n) is 5.69. The molecule has 3 fully saturated rings. The molecular weight excluding hydrogens is 231 g/mol. The summed E-state index contributed by atoms with van der Waals surface area (Å²) in [5.74, 6) is 0. The molecule has 1 unspecified atom stereocenters. The number of benzene rings is 1. The molecule has 0 nitrogen and oxygen atoms in total. The highest BCUT2D eigenvalue weighted by Crippen LogP contribution is 2.56. The number of fused-ring (bicyclic) bond motifs is 3. The van der Waals surface area contributed by atoms with E-state index < -0.39 is 0 Å². The van der Waals surface area contributed by atoms with Crippen LogP contribution in [-0.4, -0.2) is 5.16 Å². The van der Waals surface area contributed by atoms with Crippen LogP contribution in [0.3, 0.4) is 0 Å². The average Bonchev–Trinajstić information content (AvgIpc) is 2.31. The zero-order valence-corrected chi connectivity index (χ0v) is 11.6. The van der Waals surface area contributed by atoms with Gasteiger partial charge in [-0.2, -0.15) is 0 Å². The molecule has 1 aromatic carbocycles. The van der Waals surface area contributed by atoms with Gasteiger partial charge in [-0.3, -0.25) is 0 Å². The van der Waals surface area contributed by atoms with Gasteiger partial charge >= 0.3 is 0 Å². The summed E-state index contributed by atoms with van der Waals surface area (Å²) < 4.78 is 0. The van der Waals surface area contributed by atoms with E-state index in [1.807, 2.05) is 0 Å². The minimum atomic E-state index is 0.500. The van der Waals surface area contributed by atoms with Gasteiger partial charge in [0.1, 0.15) is 0 Å². The first-order valence-corrected chi connectivity index (χ1v) is 7.23. The van der Waals surface area contributed by atoms with E-state index in [0.29, 0.717) is 10.6 Å². The molecule has 16 heavy (non-hydrogen) atoms. The van der Waals surface area contributed by atoms with Gasteiger partial charge < -0.3 is 0 Å². The molecule has 0 aromatic heterocycles. The van der Waals surface area contributed by atoms with Crippen LogP contribution in [-0.2, 0) is 5.41 Å². The van der Waals surface area contributed by atoms with Crippen LogP contribution in [0.2, 0.25) is 0 Å². The number of hydrogen-bond acceptors (Lipinski definition) is 1. The van der Waals surface area contributed by atoms with Gasteiger partial charge in [0.05, 0.1) is 0 Å². The summed E-state index contributed by atoms with van der Waals surface area (Å²) in [5, 5.41) is 0.589. The highest BCUT2D eigenvalue weighted by Gasteiger charge is 2.46. The Hall–Kier alpha value is -0.0000000000000000555. The molecule has 0 saturated heterocycles. The van der Waals surface area contributed by atoms with Crippen molar-refractivity contribution in [2.75, 3.05) is 0 Å². The minimum Gasteiger partial charge on any atom is -0.143 e. The first-order valence-electron chi connectivity index (χ1n) is 6.20. The van der Waals surface area contributed by atoms with E-state index in [4.69, 9.17) is 0 Å². The monoisotopic (exact) mass is 250 g/mol. The molecule has 86 valence electrons. The maximum atomic E-state index is 4.37. The lowest BCUT2D eigenvalue weighted by atomic mass is 9.57. The minimum absolute atomic E-state index is 0.500. The Morgan fingerprint density at radius 2 is 1.38 bits per heavy atom. The SMILES string of the molecule is PC12CCC(c3ccc(S)cc3)(CC1)CC2. The van der Waals surface area contributed by atoms with Crippen LogP contribution >= 0.6 is 21.9 Å². The quantitative estimate of drug-likeness (QED) is 0.560. The Balaban J connectivity index is 1.92. The van der Waals surface area contributed by atoms with Crippen LogP contribution in [0.5, 0.6) is 0 Å². The summed E-state index contributed by atoms with van der Waals surface area (Å²) >= 11 is 4.37. The average molecular weight is 250 g/mol. The van der Waals surface area contributed by atoms with Crippen molar-refractivity contribution in [3.63, 3.8) is 0 Å². The van der Waals surface area contributed by atoms with E-state index in [-0.39, 0.29) is 0 Å². The highest BCUT2D eigenvalue weighted by atomic mass is 32.1. The van der Waals surface area contributed by atoms with E-state index in [0.717, 1.165) is 4.90 Å². The van der Waals surface area contributed by atoms with Gasteiger partial charge in [0.2, 0.25) is 0 Å². The lowest BCUT2D eigenvalue weighted by molar-refractivity contribution is 0.158. The Labute approximate surface area is 106 Å². The summed E-state index contributed by atoms with van der Waals surface area (Å²) in [6.45, 7) is 0. The third-order valence-electron chi connectivity index (χ3n) is 4.78. The summed E-state index contributed by atoms with van der Waals surface area (Å²) in [4.78, 5) is 1.08. The molecule has 3 aliphatic rings. The van der Waals surface area contributed by atoms with Crippen LogP contribution in [0.25, 0.3) is 0 Å². The molecule has 1 atom stereocenters. The van der Waals surface area contributed by atoms with E-state index in [1.54, 1.807) is 5.56 Å². The van der Waals surface area contributed by atoms with E-state index in [1.165, 1.54) is 38.5 Å². The van der Waals surface area contributed by atoms with Gasteiger partial charge in [0.25, 0.3) is 0 Å². The van der Waals surface area contributed by atoms with Gasteiger partial charge in [-0.05, 0) is 66.8 Å². The predicted octanol–water partition coefficient (Wildman–Crippen LogP) is 4.19. The third kappa shape index (κ3) is 1.73. The lowest BCUT2D eigenvalue weighted by Gasteiger charge is -2.52. The fraction of sp³-hybridized carbons (Fsp3) is 0.571. The fourth-order valence-corrected chi connectivity index (χ4v) is 4.04. The zero-order valence-electron chi connectivity index (χ0n) is 9.58.